The summed E-state index contributed by atoms with van der Waals surface area (Å²) in [5, 5.41) is 9.66. The summed E-state index contributed by atoms with van der Waals surface area (Å²) in [6.45, 7) is 4.53. The van der Waals surface area contributed by atoms with E-state index in [1.54, 1.807) is 6.21 Å². The highest BCUT2D eigenvalue weighted by atomic mass is 16.5. The molecule has 0 aliphatic carbocycles. The second-order valence-electron chi connectivity index (χ2n) is 6.40. The van der Waals surface area contributed by atoms with E-state index in [0.29, 0.717) is 13.0 Å². The molecule has 0 saturated heterocycles. The van der Waals surface area contributed by atoms with Crippen molar-refractivity contribution in [2.75, 3.05) is 11.9 Å². The quantitative estimate of drug-likeness (QED) is 0.447. The fourth-order valence-corrected chi connectivity index (χ4v) is 2.90. The third kappa shape index (κ3) is 5.10. The van der Waals surface area contributed by atoms with E-state index in [-0.39, 0.29) is 11.9 Å². The van der Waals surface area contributed by atoms with E-state index in [1.807, 2.05) is 68.4 Å². The van der Waals surface area contributed by atoms with E-state index in [1.165, 1.54) is 5.39 Å². The molecule has 0 aliphatic heterocycles. The average molecular weight is 375 g/mol. The second-order valence-corrected chi connectivity index (χ2v) is 6.40. The Bertz CT molecular complexity index is 951. The molecule has 5 nitrogen and oxygen atoms in total. The Morgan fingerprint density at radius 3 is 2.50 bits per heavy atom. The lowest BCUT2D eigenvalue weighted by molar-refractivity contribution is -0.121. The van der Waals surface area contributed by atoms with Gasteiger partial charge in [-0.1, -0.05) is 43.3 Å². The summed E-state index contributed by atoms with van der Waals surface area (Å²) in [6, 6.07) is 21.4. The molecule has 3 aromatic rings. The molecule has 0 unspecified atom stereocenters. The maximum absolute atomic E-state index is 12.4. The van der Waals surface area contributed by atoms with Gasteiger partial charge in [0.1, 0.15) is 11.8 Å². The highest BCUT2D eigenvalue weighted by molar-refractivity contribution is 5.91. The number of ether oxygens (including phenoxy) is 1. The third-order valence-electron chi connectivity index (χ3n) is 4.39. The number of hydrogen-bond acceptors (Lipinski definition) is 4. The number of carbonyl (C=O) groups is 1. The van der Waals surface area contributed by atoms with Crippen molar-refractivity contribution < 1.29 is 9.53 Å². The highest BCUT2D eigenvalue weighted by Crippen LogP contribution is 2.17. The van der Waals surface area contributed by atoms with E-state index < -0.39 is 0 Å². The first-order valence-corrected chi connectivity index (χ1v) is 9.50. The summed E-state index contributed by atoms with van der Waals surface area (Å²) in [7, 11) is 0. The lowest BCUT2D eigenvalue weighted by Gasteiger charge is -2.16. The van der Waals surface area contributed by atoms with Crippen molar-refractivity contribution in [3.63, 3.8) is 0 Å². The van der Waals surface area contributed by atoms with Crippen LogP contribution in [-0.4, -0.2) is 24.8 Å². The Morgan fingerprint density at radius 2 is 1.79 bits per heavy atom. The van der Waals surface area contributed by atoms with Gasteiger partial charge in [0, 0.05) is 5.69 Å². The summed E-state index contributed by atoms with van der Waals surface area (Å²) in [5.41, 5.74) is 4.43. The number of anilines is 1. The topological polar surface area (TPSA) is 62.7 Å². The van der Waals surface area contributed by atoms with Crippen LogP contribution in [0, 0.1) is 0 Å². The van der Waals surface area contributed by atoms with Crippen molar-refractivity contribution in [1.82, 2.24) is 5.43 Å². The number of carbonyl (C=O) groups excluding carboxylic acids is 1. The minimum Gasteiger partial charge on any atom is -0.494 e. The van der Waals surface area contributed by atoms with Crippen molar-refractivity contribution in [2.24, 2.45) is 5.10 Å². The van der Waals surface area contributed by atoms with Crippen LogP contribution >= 0.6 is 0 Å². The van der Waals surface area contributed by atoms with Crippen LogP contribution < -0.4 is 15.5 Å². The van der Waals surface area contributed by atoms with Gasteiger partial charge in [-0.3, -0.25) is 4.79 Å². The van der Waals surface area contributed by atoms with E-state index in [4.69, 9.17) is 4.74 Å². The van der Waals surface area contributed by atoms with Gasteiger partial charge < -0.3 is 10.1 Å². The van der Waals surface area contributed by atoms with Crippen LogP contribution in [0.25, 0.3) is 10.8 Å². The lowest BCUT2D eigenvalue weighted by Crippen LogP contribution is -2.36. The van der Waals surface area contributed by atoms with Crippen molar-refractivity contribution in [1.29, 1.82) is 0 Å². The van der Waals surface area contributed by atoms with E-state index in [0.717, 1.165) is 22.4 Å². The molecule has 0 radical (unpaired) electrons. The Balaban J connectivity index is 1.58. The zero-order valence-corrected chi connectivity index (χ0v) is 16.2. The second kappa shape index (κ2) is 9.55. The van der Waals surface area contributed by atoms with Crippen molar-refractivity contribution in [3.8, 4) is 5.75 Å². The van der Waals surface area contributed by atoms with Crippen LogP contribution in [0.5, 0.6) is 5.75 Å². The van der Waals surface area contributed by atoms with Gasteiger partial charge in [-0.25, -0.2) is 5.43 Å². The fraction of sp³-hybridized carbons (Fsp3) is 0.217. The van der Waals surface area contributed by atoms with Gasteiger partial charge in [-0.15, -0.1) is 0 Å². The van der Waals surface area contributed by atoms with Crippen molar-refractivity contribution >= 4 is 28.6 Å². The summed E-state index contributed by atoms with van der Waals surface area (Å²) >= 11 is 0. The van der Waals surface area contributed by atoms with E-state index in [9.17, 15) is 4.79 Å². The van der Waals surface area contributed by atoms with Crippen molar-refractivity contribution in [3.05, 3.63) is 72.3 Å². The molecule has 1 atom stereocenters. The maximum Gasteiger partial charge on any atom is 0.262 e. The number of fused-ring (bicyclic) bond motifs is 1. The van der Waals surface area contributed by atoms with Crippen LogP contribution in [0.1, 0.15) is 25.8 Å². The molecule has 0 aliphatic rings. The number of amides is 1. The van der Waals surface area contributed by atoms with Gasteiger partial charge >= 0.3 is 0 Å². The molecule has 2 N–H and O–H groups in total. The molecule has 5 heteroatoms. The molecule has 3 aromatic carbocycles. The summed E-state index contributed by atoms with van der Waals surface area (Å²) in [4.78, 5) is 12.4. The first-order chi connectivity index (χ1) is 13.7. The predicted octanol–water partition coefficient (Wildman–Crippen LogP) is 4.58. The molecular formula is C23H25N3O2. The Morgan fingerprint density at radius 1 is 1.04 bits per heavy atom. The SMILES string of the molecule is CCOc1ccc(N[C@@H](CC)C(=O)NN=Cc2ccc3ccccc3c2)cc1. The minimum absolute atomic E-state index is 0.173. The van der Waals surface area contributed by atoms with Crippen LogP contribution in [0.4, 0.5) is 5.69 Å². The number of hydrazone groups is 1. The van der Waals surface area contributed by atoms with Crippen LogP contribution in [0.2, 0.25) is 0 Å². The Hall–Kier alpha value is -3.34. The van der Waals surface area contributed by atoms with Crippen LogP contribution in [0.3, 0.4) is 0 Å². The normalized spacial score (nSPS) is 12.1. The molecule has 0 fully saturated rings. The maximum atomic E-state index is 12.4. The van der Waals surface area contributed by atoms with E-state index in [2.05, 4.69) is 28.0 Å². The fourth-order valence-electron chi connectivity index (χ4n) is 2.90. The monoisotopic (exact) mass is 375 g/mol. The molecule has 144 valence electrons. The molecule has 0 heterocycles. The molecule has 0 spiro atoms. The number of nitrogens with one attached hydrogen (secondary N) is 2. The third-order valence-corrected chi connectivity index (χ3v) is 4.39. The van der Waals surface area contributed by atoms with Gasteiger partial charge in [-0.05, 0) is 60.0 Å². The minimum atomic E-state index is -0.369. The zero-order valence-electron chi connectivity index (χ0n) is 16.2. The van der Waals surface area contributed by atoms with Gasteiger partial charge in [0.05, 0.1) is 12.8 Å². The summed E-state index contributed by atoms with van der Waals surface area (Å²) in [6.07, 6.45) is 2.30. The van der Waals surface area contributed by atoms with Gasteiger partial charge in [0.25, 0.3) is 5.91 Å². The number of benzene rings is 3. The Kier molecular flexibility index (Phi) is 6.63. The molecule has 0 aromatic heterocycles. The molecular weight excluding hydrogens is 350 g/mol. The molecule has 0 bridgehead atoms. The van der Waals surface area contributed by atoms with Gasteiger partial charge in [0.2, 0.25) is 0 Å². The first-order valence-electron chi connectivity index (χ1n) is 9.50. The van der Waals surface area contributed by atoms with Gasteiger partial charge in [-0.2, -0.15) is 5.10 Å². The summed E-state index contributed by atoms with van der Waals surface area (Å²) < 4.78 is 5.44. The predicted molar refractivity (Wildman–Crippen MR) is 115 cm³/mol. The lowest BCUT2D eigenvalue weighted by atomic mass is 10.1. The summed E-state index contributed by atoms with van der Waals surface area (Å²) in [5.74, 6) is 0.638. The van der Waals surface area contributed by atoms with Gasteiger partial charge in [0.15, 0.2) is 0 Å². The highest BCUT2D eigenvalue weighted by Gasteiger charge is 2.15. The average Bonchev–Trinajstić information content (AvgIpc) is 2.73. The van der Waals surface area contributed by atoms with E-state index >= 15 is 0 Å². The Labute approximate surface area is 165 Å². The molecule has 3 rings (SSSR count). The molecule has 0 saturated carbocycles. The number of rotatable bonds is 8. The first kappa shape index (κ1) is 19.4. The number of nitrogens with zero attached hydrogens (tertiary/aromatic N) is 1. The van der Waals surface area contributed by atoms with Crippen LogP contribution in [-0.2, 0) is 4.79 Å². The van der Waals surface area contributed by atoms with Crippen LogP contribution in [0.15, 0.2) is 71.8 Å². The smallest absolute Gasteiger partial charge is 0.262 e. The standard InChI is InChI=1S/C23H25N3O2/c1-3-22(25-20-11-13-21(14-12-20)28-4-2)23(27)26-24-16-17-9-10-18-7-5-6-8-19(18)15-17/h5-16,22,25H,3-4H2,1-2H3,(H,26,27)/t22-/m0/s1. The zero-order chi connectivity index (χ0) is 19.8. The number of hydrogen-bond donors (Lipinski definition) is 2. The molecule has 28 heavy (non-hydrogen) atoms. The van der Waals surface area contributed by atoms with Crippen molar-refractivity contribution in [2.45, 2.75) is 26.3 Å². The largest absolute Gasteiger partial charge is 0.494 e. The molecule has 1 amide bonds.